The molecule has 1 aromatic carbocycles. The number of benzene rings is 1. The van der Waals surface area contributed by atoms with Crippen molar-refractivity contribution in [2.24, 2.45) is 0 Å². The molecule has 0 radical (unpaired) electrons. The third-order valence-corrected chi connectivity index (χ3v) is 4.06. The second-order valence-corrected chi connectivity index (χ2v) is 5.39. The number of nitrogens with two attached hydrogens (primary N) is 1. The first-order valence-electron chi connectivity index (χ1n) is 6.81. The lowest BCUT2D eigenvalue weighted by atomic mass is 9.96. The van der Waals surface area contributed by atoms with Gasteiger partial charge in [0.25, 0.3) is 0 Å². The maximum absolute atomic E-state index is 10.6. The van der Waals surface area contributed by atoms with Crippen molar-refractivity contribution in [3.8, 4) is 0 Å². The summed E-state index contributed by atoms with van der Waals surface area (Å²) in [6, 6.07) is 7.99. The summed E-state index contributed by atoms with van der Waals surface area (Å²) in [6.45, 7) is 2.97. The Labute approximate surface area is 118 Å². The first-order valence-corrected chi connectivity index (χ1v) is 6.81. The zero-order valence-corrected chi connectivity index (χ0v) is 11.8. The second kappa shape index (κ2) is 4.80. The number of aliphatic hydroxyl groups is 1. The van der Waals surface area contributed by atoms with E-state index in [1.54, 1.807) is 6.20 Å². The van der Waals surface area contributed by atoms with Crippen molar-refractivity contribution in [3.05, 3.63) is 52.7 Å². The highest BCUT2D eigenvalue weighted by molar-refractivity contribution is 5.60. The molecule has 1 atom stereocenters. The summed E-state index contributed by atoms with van der Waals surface area (Å²) < 4.78 is 0. The third-order valence-electron chi connectivity index (χ3n) is 4.06. The molecule has 1 aromatic heterocycles. The van der Waals surface area contributed by atoms with E-state index in [1.165, 1.54) is 11.3 Å². The van der Waals surface area contributed by atoms with E-state index in [0.717, 1.165) is 24.1 Å². The monoisotopic (exact) mass is 269 g/mol. The molecule has 0 spiro atoms. The SMILES string of the molecule is Cc1ccnc(N)c1C(O)c1ccc2c(c1)CCN2C. The summed E-state index contributed by atoms with van der Waals surface area (Å²) >= 11 is 0. The molecular weight excluding hydrogens is 250 g/mol. The molecule has 4 heteroatoms. The Hall–Kier alpha value is -2.07. The maximum atomic E-state index is 10.6. The topological polar surface area (TPSA) is 62.4 Å². The van der Waals surface area contributed by atoms with Crippen LogP contribution in [0.3, 0.4) is 0 Å². The van der Waals surface area contributed by atoms with E-state index in [2.05, 4.69) is 29.1 Å². The molecule has 4 nitrogen and oxygen atoms in total. The van der Waals surface area contributed by atoms with Crippen LogP contribution >= 0.6 is 0 Å². The van der Waals surface area contributed by atoms with Crippen LogP contribution in [-0.4, -0.2) is 23.7 Å². The van der Waals surface area contributed by atoms with Gasteiger partial charge in [-0.15, -0.1) is 0 Å². The van der Waals surface area contributed by atoms with E-state index in [-0.39, 0.29) is 0 Å². The number of nitrogens with zero attached hydrogens (tertiary/aromatic N) is 2. The first-order chi connectivity index (χ1) is 9.58. The van der Waals surface area contributed by atoms with Crippen LogP contribution in [0.15, 0.2) is 30.5 Å². The Morgan fingerprint density at radius 2 is 2.15 bits per heavy atom. The van der Waals surface area contributed by atoms with Crippen LogP contribution in [0.1, 0.15) is 28.4 Å². The quantitative estimate of drug-likeness (QED) is 0.876. The van der Waals surface area contributed by atoms with Crippen molar-refractivity contribution in [2.45, 2.75) is 19.4 Å². The second-order valence-electron chi connectivity index (χ2n) is 5.39. The average Bonchev–Trinajstić information content (AvgIpc) is 2.79. The molecular formula is C16H19N3O. The highest BCUT2D eigenvalue weighted by atomic mass is 16.3. The van der Waals surface area contributed by atoms with Crippen LogP contribution in [0.25, 0.3) is 0 Å². The van der Waals surface area contributed by atoms with Crippen molar-refractivity contribution in [1.29, 1.82) is 0 Å². The van der Waals surface area contributed by atoms with Gasteiger partial charge in [0, 0.05) is 31.0 Å². The van der Waals surface area contributed by atoms with Gasteiger partial charge in [-0.05, 0) is 42.2 Å². The Morgan fingerprint density at radius 3 is 2.90 bits per heavy atom. The lowest BCUT2D eigenvalue weighted by Gasteiger charge is -2.17. The predicted molar refractivity (Wildman–Crippen MR) is 80.9 cm³/mol. The number of hydrogen-bond donors (Lipinski definition) is 2. The van der Waals surface area contributed by atoms with Gasteiger partial charge in [0.1, 0.15) is 11.9 Å². The van der Waals surface area contributed by atoms with E-state index < -0.39 is 6.10 Å². The number of fused-ring (bicyclic) bond motifs is 1. The van der Waals surface area contributed by atoms with Crippen molar-refractivity contribution in [1.82, 2.24) is 4.98 Å². The molecule has 0 saturated carbocycles. The number of pyridine rings is 1. The molecule has 0 bridgehead atoms. The molecule has 2 heterocycles. The van der Waals surface area contributed by atoms with Gasteiger partial charge < -0.3 is 15.7 Å². The maximum Gasteiger partial charge on any atom is 0.129 e. The number of anilines is 2. The van der Waals surface area contributed by atoms with Crippen LogP contribution < -0.4 is 10.6 Å². The molecule has 2 aromatic rings. The summed E-state index contributed by atoms with van der Waals surface area (Å²) in [5.41, 5.74) is 11.0. The minimum Gasteiger partial charge on any atom is -0.384 e. The van der Waals surface area contributed by atoms with Gasteiger partial charge in [-0.1, -0.05) is 12.1 Å². The first kappa shape index (κ1) is 12.9. The van der Waals surface area contributed by atoms with Crippen LogP contribution in [0.4, 0.5) is 11.5 Å². The fraction of sp³-hybridized carbons (Fsp3) is 0.312. The molecule has 3 N–H and O–H groups in total. The molecule has 1 aliphatic heterocycles. The minimum atomic E-state index is -0.722. The fourth-order valence-electron chi connectivity index (χ4n) is 2.87. The highest BCUT2D eigenvalue weighted by Crippen LogP contribution is 2.33. The molecule has 20 heavy (non-hydrogen) atoms. The van der Waals surface area contributed by atoms with E-state index in [4.69, 9.17) is 5.73 Å². The Bertz CT molecular complexity index is 634. The Balaban J connectivity index is 2.01. The summed E-state index contributed by atoms with van der Waals surface area (Å²) in [4.78, 5) is 6.31. The van der Waals surface area contributed by atoms with Crippen molar-refractivity contribution >= 4 is 11.5 Å². The van der Waals surface area contributed by atoms with Crippen LogP contribution in [-0.2, 0) is 6.42 Å². The normalized spacial score (nSPS) is 15.2. The molecule has 0 amide bonds. The number of hydrogen-bond acceptors (Lipinski definition) is 4. The van der Waals surface area contributed by atoms with Crippen molar-refractivity contribution in [2.75, 3.05) is 24.2 Å². The number of nitrogen functional groups attached to an aromatic ring is 1. The molecule has 104 valence electrons. The Kier molecular flexibility index (Phi) is 3.10. The molecule has 3 rings (SSSR count). The van der Waals surface area contributed by atoms with E-state index in [0.29, 0.717) is 11.4 Å². The predicted octanol–water partition coefficient (Wildman–Crippen LogP) is 2.05. The minimum absolute atomic E-state index is 0.398. The van der Waals surface area contributed by atoms with Crippen molar-refractivity contribution in [3.63, 3.8) is 0 Å². The fourth-order valence-corrected chi connectivity index (χ4v) is 2.87. The summed E-state index contributed by atoms with van der Waals surface area (Å²) in [7, 11) is 2.09. The van der Waals surface area contributed by atoms with Gasteiger partial charge in [-0.2, -0.15) is 0 Å². The van der Waals surface area contributed by atoms with Gasteiger partial charge in [0.05, 0.1) is 0 Å². The molecule has 0 fully saturated rings. The van der Waals surface area contributed by atoms with E-state index in [9.17, 15) is 5.11 Å². The van der Waals surface area contributed by atoms with E-state index >= 15 is 0 Å². The van der Waals surface area contributed by atoms with Gasteiger partial charge >= 0.3 is 0 Å². The number of aryl methyl sites for hydroxylation is 1. The third kappa shape index (κ3) is 2.02. The van der Waals surface area contributed by atoms with Gasteiger partial charge in [0.15, 0.2) is 0 Å². The summed E-state index contributed by atoms with van der Waals surface area (Å²) in [6.07, 6.45) is 1.96. The molecule has 1 aliphatic rings. The smallest absolute Gasteiger partial charge is 0.129 e. The highest BCUT2D eigenvalue weighted by Gasteiger charge is 2.21. The van der Waals surface area contributed by atoms with Gasteiger partial charge in [-0.3, -0.25) is 0 Å². The molecule has 1 unspecified atom stereocenters. The van der Waals surface area contributed by atoms with E-state index in [1.807, 2.05) is 19.1 Å². The largest absolute Gasteiger partial charge is 0.384 e. The zero-order valence-electron chi connectivity index (χ0n) is 11.8. The van der Waals surface area contributed by atoms with Gasteiger partial charge in [-0.25, -0.2) is 4.98 Å². The lowest BCUT2D eigenvalue weighted by Crippen LogP contribution is -2.12. The van der Waals surface area contributed by atoms with Crippen molar-refractivity contribution < 1.29 is 5.11 Å². The van der Waals surface area contributed by atoms with Crippen LogP contribution in [0, 0.1) is 6.92 Å². The summed E-state index contributed by atoms with van der Waals surface area (Å²) in [5, 5.41) is 10.6. The summed E-state index contributed by atoms with van der Waals surface area (Å²) in [5.74, 6) is 0.398. The van der Waals surface area contributed by atoms with Crippen LogP contribution in [0.2, 0.25) is 0 Å². The zero-order chi connectivity index (χ0) is 14.3. The molecule has 0 aliphatic carbocycles. The number of rotatable bonds is 2. The lowest BCUT2D eigenvalue weighted by molar-refractivity contribution is 0.220. The average molecular weight is 269 g/mol. The van der Waals surface area contributed by atoms with Crippen LogP contribution in [0.5, 0.6) is 0 Å². The number of aromatic nitrogens is 1. The van der Waals surface area contributed by atoms with Gasteiger partial charge in [0.2, 0.25) is 0 Å². The number of aliphatic hydroxyl groups excluding tert-OH is 1. The standard InChI is InChI=1S/C16H19N3O/c1-10-5-7-18-16(17)14(10)15(20)12-3-4-13-11(9-12)6-8-19(13)2/h3-5,7,9,15,20H,6,8H2,1-2H3,(H2,17,18). The Morgan fingerprint density at radius 1 is 1.35 bits per heavy atom. The molecule has 0 saturated heterocycles. The number of likely N-dealkylation sites (N-methyl/N-ethyl adjacent to an activating group) is 1.